The number of esters is 1. The third-order valence-electron chi connectivity index (χ3n) is 5.02. The number of carbonyl (C=O) groups is 2. The number of aromatic nitrogens is 2. The van der Waals surface area contributed by atoms with Crippen LogP contribution in [0.15, 0.2) is 21.9 Å². The maximum Gasteiger partial charge on any atom is 0.406 e. The van der Waals surface area contributed by atoms with Crippen LogP contribution in [0.5, 0.6) is 0 Å². The normalized spacial score (nSPS) is 22.5. The molecule has 0 aliphatic carbocycles. The predicted molar refractivity (Wildman–Crippen MR) is 143 cm³/mol. The molecule has 0 bridgehead atoms. The fraction of sp³-hybridized carbons (Fsp3) is 0.727. The highest BCUT2D eigenvalue weighted by atomic mass is 32.2. The molecule has 2 heterocycles. The van der Waals surface area contributed by atoms with E-state index in [1.165, 1.54) is 35.5 Å². The van der Waals surface area contributed by atoms with Crippen LogP contribution in [-0.4, -0.2) is 68.2 Å². The van der Waals surface area contributed by atoms with Gasteiger partial charge in [0.25, 0.3) is 5.56 Å². The van der Waals surface area contributed by atoms with Crippen LogP contribution in [0, 0.1) is 5.41 Å². The molecule has 1 aromatic rings. The Morgan fingerprint density at radius 1 is 1.30 bits per heavy atom. The lowest BCUT2D eigenvalue weighted by Gasteiger charge is -2.25. The monoisotopic (exact) mass is 581 g/mol. The second-order valence-electron chi connectivity index (χ2n) is 9.80. The molecule has 1 aliphatic rings. The van der Waals surface area contributed by atoms with Gasteiger partial charge in [-0.1, -0.05) is 32.5 Å². The summed E-state index contributed by atoms with van der Waals surface area (Å²) in [6, 6.07) is 0.190. The molecule has 0 spiro atoms. The SMILES string of the molecule is CC(C)OC(=O)C(C)NP(=O)(OCCSC(=O)C(C)(C)C)OCC1SC(n2ccc(=O)[nH]c2=O)CC1O. The number of hydrogen-bond acceptors (Lipinski definition) is 11. The van der Waals surface area contributed by atoms with E-state index in [2.05, 4.69) is 10.1 Å². The molecule has 1 saturated heterocycles. The van der Waals surface area contributed by atoms with Crippen LogP contribution in [0.4, 0.5) is 0 Å². The Morgan fingerprint density at radius 3 is 2.57 bits per heavy atom. The van der Waals surface area contributed by atoms with Crippen LogP contribution < -0.4 is 16.3 Å². The van der Waals surface area contributed by atoms with Gasteiger partial charge in [0, 0.05) is 29.9 Å². The van der Waals surface area contributed by atoms with Gasteiger partial charge in [0.05, 0.1) is 36.0 Å². The van der Waals surface area contributed by atoms with Crippen molar-refractivity contribution in [2.24, 2.45) is 5.41 Å². The van der Waals surface area contributed by atoms with Crippen molar-refractivity contribution >= 4 is 42.4 Å². The van der Waals surface area contributed by atoms with Crippen LogP contribution in [-0.2, 0) is 27.9 Å². The Bertz CT molecular complexity index is 1100. The minimum atomic E-state index is -4.08. The molecule has 5 atom stereocenters. The van der Waals surface area contributed by atoms with Gasteiger partial charge in [0.1, 0.15) is 6.04 Å². The second kappa shape index (κ2) is 13.6. The van der Waals surface area contributed by atoms with Crippen molar-refractivity contribution in [3.05, 3.63) is 33.1 Å². The van der Waals surface area contributed by atoms with Crippen molar-refractivity contribution in [3.8, 4) is 0 Å². The van der Waals surface area contributed by atoms with Crippen molar-refractivity contribution in [3.63, 3.8) is 0 Å². The van der Waals surface area contributed by atoms with E-state index in [9.17, 15) is 28.8 Å². The highest BCUT2D eigenvalue weighted by molar-refractivity contribution is 8.13. The van der Waals surface area contributed by atoms with Gasteiger partial charge in [-0.25, -0.2) is 14.4 Å². The van der Waals surface area contributed by atoms with Crippen LogP contribution in [0.25, 0.3) is 0 Å². The number of aliphatic hydroxyl groups is 1. The van der Waals surface area contributed by atoms with E-state index in [-0.39, 0.29) is 36.6 Å². The fourth-order valence-electron chi connectivity index (χ4n) is 3.11. The van der Waals surface area contributed by atoms with E-state index >= 15 is 0 Å². The minimum Gasteiger partial charge on any atom is -0.462 e. The molecule has 37 heavy (non-hydrogen) atoms. The number of thioether (sulfide) groups is 2. The number of aliphatic hydroxyl groups excluding tert-OH is 1. The molecule has 1 fully saturated rings. The first-order valence-corrected chi connectivity index (χ1v) is 15.3. The fourth-order valence-corrected chi connectivity index (χ4v) is 7.06. The standard InChI is InChI=1S/C22H36N3O9PS2/c1-13(2)34-19(28)14(3)24-35(31,32-9-10-36-20(29)22(4,5)6)33-12-16-15(26)11-18(37-16)25-8-7-17(27)23-21(25)30/h7-8,13-16,18,26H,9-12H2,1-6H3,(H,24,31)(H,23,27,30). The molecule has 0 aromatic carbocycles. The first-order chi connectivity index (χ1) is 17.1. The maximum absolute atomic E-state index is 13.5. The number of nitrogens with zero attached hydrogens (tertiary/aromatic N) is 1. The first-order valence-electron chi connectivity index (χ1n) is 11.8. The number of nitrogens with one attached hydrogen (secondary N) is 2. The molecule has 210 valence electrons. The zero-order chi connectivity index (χ0) is 28.0. The first kappa shape index (κ1) is 31.8. The van der Waals surface area contributed by atoms with Crippen molar-refractivity contribution in [2.45, 2.75) is 76.8 Å². The lowest BCUT2D eigenvalue weighted by atomic mass is 10.00. The van der Waals surface area contributed by atoms with Gasteiger partial charge in [-0.2, -0.15) is 0 Å². The highest BCUT2D eigenvalue weighted by Gasteiger charge is 2.39. The van der Waals surface area contributed by atoms with E-state index in [1.54, 1.807) is 34.6 Å². The molecule has 12 nitrogen and oxygen atoms in total. The van der Waals surface area contributed by atoms with Crippen LogP contribution in [0.2, 0.25) is 0 Å². The Morgan fingerprint density at radius 2 is 1.97 bits per heavy atom. The predicted octanol–water partition coefficient (Wildman–Crippen LogP) is 2.28. The quantitative estimate of drug-likeness (QED) is 0.188. The summed E-state index contributed by atoms with van der Waals surface area (Å²) in [5, 5.41) is 12.0. The van der Waals surface area contributed by atoms with Crippen LogP contribution >= 0.6 is 31.3 Å². The van der Waals surface area contributed by atoms with E-state index in [1.807, 2.05) is 0 Å². The van der Waals surface area contributed by atoms with Gasteiger partial charge in [0.15, 0.2) is 5.12 Å². The number of rotatable bonds is 12. The van der Waals surface area contributed by atoms with E-state index < -0.39 is 53.1 Å². The molecule has 0 radical (unpaired) electrons. The molecule has 0 saturated carbocycles. The van der Waals surface area contributed by atoms with Crippen molar-refractivity contribution in [1.29, 1.82) is 0 Å². The summed E-state index contributed by atoms with van der Waals surface area (Å²) in [5.41, 5.74) is -1.67. The zero-order valence-corrected chi connectivity index (χ0v) is 24.3. The molecule has 2 rings (SSSR count). The summed E-state index contributed by atoms with van der Waals surface area (Å²) < 4.78 is 31.1. The summed E-state index contributed by atoms with van der Waals surface area (Å²) in [4.78, 5) is 50.0. The second-order valence-corrected chi connectivity index (χ2v) is 14.1. The third-order valence-corrected chi connectivity index (χ3v) is 9.52. The van der Waals surface area contributed by atoms with E-state index in [0.717, 1.165) is 11.8 Å². The van der Waals surface area contributed by atoms with E-state index in [4.69, 9.17) is 13.8 Å². The Labute approximate surface area is 224 Å². The molecule has 15 heteroatoms. The smallest absolute Gasteiger partial charge is 0.406 e. The Kier molecular flexibility index (Phi) is 11.7. The Hall–Kier alpha value is -1.41. The summed E-state index contributed by atoms with van der Waals surface area (Å²) in [7, 11) is -4.08. The Balaban J connectivity index is 2.06. The molecule has 0 amide bonds. The molecule has 5 unspecified atom stereocenters. The summed E-state index contributed by atoms with van der Waals surface area (Å²) in [6.45, 7) is 9.88. The maximum atomic E-state index is 13.5. The number of H-pyrrole nitrogens is 1. The summed E-state index contributed by atoms with van der Waals surface area (Å²) >= 11 is 2.26. The average Bonchev–Trinajstić information content (AvgIpc) is 3.14. The lowest BCUT2D eigenvalue weighted by molar-refractivity contribution is -0.149. The molecule has 1 aromatic heterocycles. The molecule has 1 aliphatic heterocycles. The topological polar surface area (TPSA) is 166 Å². The third kappa shape index (κ3) is 10.0. The largest absolute Gasteiger partial charge is 0.462 e. The highest BCUT2D eigenvalue weighted by Crippen LogP contribution is 2.48. The van der Waals surface area contributed by atoms with Crippen LogP contribution in [0.3, 0.4) is 0 Å². The summed E-state index contributed by atoms with van der Waals surface area (Å²) in [6.07, 6.45) is 0.274. The van der Waals surface area contributed by atoms with Crippen molar-refractivity contribution < 1.29 is 33.0 Å². The van der Waals surface area contributed by atoms with Crippen molar-refractivity contribution in [2.75, 3.05) is 19.0 Å². The van der Waals surface area contributed by atoms with Gasteiger partial charge in [0.2, 0.25) is 0 Å². The molecule has 3 N–H and O–H groups in total. The van der Waals surface area contributed by atoms with Gasteiger partial charge in [-0.3, -0.25) is 33.0 Å². The number of aromatic amines is 1. The summed E-state index contributed by atoms with van der Waals surface area (Å²) in [5.74, 6) is -0.430. The molecular weight excluding hydrogens is 545 g/mol. The minimum absolute atomic E-state index is 0.0530. The van der Waals surface area contributed by atoms with Gasteiger partial charge in [-0.05, 0) is 20.8 Å². The lowest BCUT2D eigenvalue weighted by Crippen LogP contribution is -2.36. The van der Waals surface area contributed by atoms with Gasteiger partial charge in [-0.15, -0.1) is 11.8 Å². The van der Waals surface area contributed by atoms with Gasteiger partial charge < -0.3 is 9.84 Å². The number of hydrogen-bond donors (Lipinski definition) is 3. The van der Waals surface area contributed by atoms with E-state index in [0.29, 0.717) is 0 Å². The van der Waals surface area contributed by atoms with Crippen LogP contribution in [0.1, 0.15) is 53.3 Å². The van der Waals surface area contributed by atoms with Gasteiger partial charge >= 0.3 is 19.4 Å². The molecular formula is C22H36N3O9PS2. The average molecular weight is 582 g/mol. The zero-order valence-electron chi connectivity index (χ0n) is 21.8. The number of carbonyl (C=O) groups excluding carboxylic acids is 2. The number of ether oxygens (including phenoxy) is 1. The van der Waals surface area contributed by atoms with Crippen molar-refractivity contribution in [1.82, 2.24) is 14.6 Å².